The molecule has 0 aliphatic carbocycles. The second kappa shape index (κ2) is 5.93. The molecule has 0 spiro atoms. The number of alkyl halides is 2. The van der Waals surface area contributed by atoms with Crippen LogP contribution in [-0.2, 0) is 16.1 Å². The lowest BCUT2D eigenvalue weighted by molar-refractivity contribution is -0.154. The van der Waals surface area contributed by atoms with Gasteiger partial charge in [0.05, 0.1) is 6.33 Å². The van der Waals surface area contributed by atoms with E-state index in [-0.39, 0.29) is 18.1 Å². The third-order valence-electron chi connectivity index (χ3n) is 2.09. The zero-order valence-corrected chi connectivity index (χ0v) is 10.8. The van der Waals surface area contributed by atoms with E-state index >= 15 is 0 Å². The monoisotopic (exact) mass is 260 g/mol. The number of nitrogens with zero attached hydrogens (tertiary/aromatic N) is 2. The SMILES string of the molecule is CC(C)(C)OC(=O)CCCn1cnc(C(F)F)c1. The molecule has 6 heteroatoms. The Morgan fingerprint density at radius 3 is 2.67 bits per heavy atom. The largest absolute Gasteiger partial charge is 0.460 e. The molecule has 0 N–H and O–H groups in total. The smallest absolute Gasteiger partial charge is 0.306 e. The van der Waals surface area contributed by atoms with Crippen LogP contribution in [0.3, 0.4) is 0 Å². The molecule has 0 saturated heterocycles. The Bertz CT molecular complexity index is 397. The van der Waals surface area contributed by atoms with Crippen LogP contribution in [0.1, 0.15) is 45.7 Å². The summed E-state index contributed by atoms with van der Waals surface area (Å²) in [5.41, 5.74) is -0.734. The van der Waals surface area contributed by atoms with E-state index in [2.05, 4.69) is 4.98 Å². The first-order valence-electron chi connectivity index (χ1n) is 5.79. The van der Waals surface area contributed by atoms with Crippen LogP contribution in [0.5, 0.6) is 0 Å². The highest BCUT2D eigenvalue weighted by atomic mass is 19.3. The van der Waals surface area contributed by atoms with E-state index in [0.29, 0.717) is 13.0 Å². The number of ether oxygens (including phenoxy) is 1. The molecule has 0 amide bonds. The molecule has 1 heterocycles. The van der Waals surface area contributed by atoms with Gasteiger partial charge in [-0.15, -0.1) is 0 Å². The van der Waals surface area contributed by atoms with Gasteiger partial charge in [-0.3, -0.25) is 4.79 Å². The summed E-state index contributed by atoms with van der Waals surface area (Å²) in [4.78, 5) is 15.0. The zero-order chi connectivity index (χ0) is 13.8. The zero-order valence-electron chi connectivity index (χ0n) is 10.8. The van der Waals surface area contributed by atoms with E-state index in [4.69, 9.17) is 4.74 Å². The van der Waals surface area contributed by atoms with Crippen molar-refractivity contribution >= 4 is 5.97 Å². The van der Waals surface area contributed by atoms with Gasteiger partial charge in [-0.25, -0.2) is 13.8 Å². The van der Waals surface area contributed by atoms with Crippen molar-refractivity contribution in [2.75, 3.05) is 0 Å². The molecule has 0 atom stereocenters. The molecule has 102 valence electrons. The highest BCUT2D eigenvalue weighted by Gasteiger charge is 2.16. The second-order valence-corrected chi connectivity index (χ2v) is 5.03. The Balaban J connectivity index is 2.31. The average Bonchev–Trinajstić information content (AvgIpc) is 2.63. The van der Waals surface area contributed by atoms with E-state index in [0.717, 1.165) is 0 Å². The van der Waals surface area contributed by atoms with Gasteiger partial charge in [0, 0.05) is 19.2 Å². The molecule has 0 saturated carbocycles. The predicted octanol–water partition coefficient (Wildman–Crippen LogP) is 2.94. The maximum Gasteiger partial charge on any atom is 0.306 e. The maximum absolute atomic E-state index is 12.3. The number of hydrogen-bond acceptors (Lipinski definition) is 3. The molecule has 1 rings (SSSR count). The number of imidazole rings is 1. The van der Waals surface area contributed by atoms with Crippen LogP contribution in [0, 0.1) is 0 Å². The first-order chi connectivity index (χ1) is 8.28. The quantitative estimate of drug-likeness (QED) is 0.764. The third kappa shape index (κ3) is 5.25. The molecule has 0 aromatic carbocycles. The van der Waals surface area contributed by atoms with Crippen LogP contribution >= 0.6 is 0 Å². The van der Waals surface area contributed by atoms with Crippen LogP contribution in [-0.4, -0.2) is 21.1 Å². The first kappa shape index (κ1) is 14.6. The van der Waals surface area contributed by atoms with Gasteiger partial charge in [-0.2, -0.15) is 0 Å². The molecule has 1 aromatic heterocycles. The normalized spacial score (nSPS) is 11.9. The Hall–Kier alpha value is -1.46. The van der Waals surface area contributed by atoms with Gasteiger partial charge in [-0.05, 0) is 27.2 Å². The Morgan fingerprint density at radius 1 is 1.50 bits per heavy atom. The number of aromatic nitrogens is 2. The maximum atomic E-state index is 12.3. The van der Waals surface area contributed by atoms with Crippen molar-refractivity contribution in [3.8, 4) is 0 Å². The molecule has 18 heavy (non-hydrogen) atoms. The van der Waals surface area contributed by atoms with Crippen molar-refractivity contribution < 1.29 is 18.3 Å². The van der Waals surface area contributed by atoms with Gasteiger partial charge in [0.25, 0.3) is 6.43 Å². The molecule has 4 nitrogen and oxygen atoms in total. The molecule has 0 fully saturated rings. The van der Waals surface area contributed by atoms with Crippen LogP contribution in [0.15, 0.2) is 12.5 Å². The van der Waals surface area contributed by atoms with Crippen LogP contribution < -0.4 is 0 Å². The molecular formula is C12H18F2N2O2. The topological polar surface area (TPSA) is 44.1 Å². The molecular weight excluding hydrogens is 242 g/mol. The Labute approximate surface area is 105 Å². The minimum atomic E-state index is -2.56. The van der Waals surface area contributed by atoms with E-state index in [1.807, 2.05) is 0 Å². The van der Waals surface area contributed by atoms with Gasteiger partial charge in [0.1, 0.15) is 11.3 Å². The third-order valence-corrected chi connectivity index (χ3v) is 2.09. The van der Waals surface area contributed by atoms with E-state index in [9.17, 15) is 13.6 Å². The fourth-order valence-electron chi connectivity index (χ4n) is 1.41. The summed E-state index contributed by atoms with van der Waals surface area (Å²) in [6, 6.07) is 0. The summed E-state index contributed by atoms with van der Waals surface area (Å²) in [6.45, 7) is 5.88. The van der Waals surface area contributed by atoms with E-state index < -0.39 is 12.0 Å². The van der Waals surface area contributed by atoms with Crippen LogP contribution in [0.25, 0.3) is 0 Å². The highest BCUT2D eigenvalue weighted by molar-refractivity contribution is 5.69. The number of hydrogen-bond donors (Lipinski definition) is 0. The lowest BCUT2D eigenvalue weighted by Gasteiger charge is -2.19. The molecule has 0 unspecified atom stereocenters. The number of carbonyl (C=O) groups is 1. The fraction of sp³-hybridized carbons (Fsp3) is 0.667. The lowest BCUT2D eigenvalue weighted by Crippen LogP contribution is -2.23. The summed E-state index contributed by atoms with van der Waals surface area (Å²) in [7, 11) is 0. The molecule has 0 bridgehead atoms. The lowest BCUT2D eigenvalue weighted by atomic mass is 10.2. The van der Waals surface area contributed by atoms with Crippen molar-refractivity contribution in [1.82, 2.24) is 9.55 Å². The molecule has 0 radical (unpaired) electrons. The van der Waals surface area contributed by atoms with Crippen LogP contribution in [0.2, 0.25) is 0 Å². The first-order valence-corrected chi connectivity index (χ1v) is 5.79. The fourth-order valence-corrected chi connectivity index (χ4v) is 1.41. The van der Waals surface area contributed by atoms with Crippen molar-refractivity contribution in [1.29, 1.82) is 0 Å². The Kier molecular flexibility index (Phi) is 4.81. The minimum Gasteiger partial charge on any atom is -0.460 e. The van der Waals surface area contributed by atoms with Gasteiger partial charge in [0.15, 0.2) is 0 Å². The molecule has 0 aliphatic rings. The molecule has 0 aliphatic heterocycles. The summed E-state index contributed by atoms with van der Waals surface area (Å²) >= 11 is 0. The van der Waals surface area contributed by atoms with Crippen molar-refractivity contribution in [2.24, 2.45) is 0 Å². The van der Waals surface area contributed by atoms with E-state index in [1.165, 1.54) is 12.5 Å². The average molecular weight is 260 g/mol. The van der Waals surface area contributed by atoms with Gasteiger partial charge >= 0.3 is 5.97 Å². The van der Waals surface area contributed by atoms with Crippen LogP contribution in [0.4, 0.5) is 8.78 Å². The number of carbonyl (C=O) groups excluding carboxylic acids is 1. The number of esters is 1. The standard InChI is InChI=1S/C12H18F2N2O2/c1-12(2,3)18-10(17)5-4-6-16-7-9(11(13)14)15-8-16/h7-8,11H,4-6H2,1-3H3. The number of rotatable bonds is 5. The van der Waals surface area contributed by atoms with Crippen molar-refractivity contribution in [2.45, 2.75) is 52.2 Å². The van der Waals surface area contributed by atoms with E-state index in [1.54, 1.807) is 25.3 Å². The van der Waals surface area contributed by atoms with Crippen molar-refractivity contribution in [3.63, 3.8) is 0 Å². The Morgan fingerprint density at radius 2 is 2.17 bits per heavy atom. The minimum absolute atomic E-state index is 0.243. The highest BCUT2D eigenvalue weighted by Crippen LogP contribution is 2.16. The van der Waals surface area contributed by atoms with Gasteiger partial charge in [0.2, 0.25) is 0 Å². The summed E-state index contributed by atoms with van der Waals surface area (Å²) in [5.74, 6) is -0.281. The predicted molar refractivity (Wildman–Crippen MR) is 62.3 cm³/mol. The summed E-state index contributed by atoms with van der Waals surface area (Å²) in [6.07, 6.45) is 0.876. The number of aryl methyl sites for hydroxylation is 1. The van der Waals surface area contributed by atoms with Gasteiger partial charge < -0.3 is 9.30 Å². The summed E-state index contributed by atoms with van der Waals surface area (Å²) in [5, 5.41) is 0. The number of halogens is 2. The van der Waals surface area contributed by atoms with Crippen molar-refractivity contribution in [3.05, 3.63) is 18.2 Å². The second-order valence-electron chi connectivity index (χ2n) is 5.03. The van der Waals surface area contributed by atoms with Gasteiger partial charge in [-0.1, -0.05) is 0 Å². The molecule has 1 aromatic rings. The summed E-state index contributed by atoms with van der Waals surface area (Å²) < 4.78 is 31.2.